The Morgan fingerprint density at radius 3 is 2.37 bits per heavy atom. The second-order valence-corrected chi connectivity index (χ2v) is 7.01. The molecule has 106 valence electrons. The smallest absolute Gasteiger partial charge is 0.0499 e. The van der Waals surface area contributed by atoms with Gasteiger partial charge in [0.15, 0.2) is 0 Å². The Hall–Kier alpha value is -0.710. The van der Waals surface area contributed by atoms with Crippen molar-refractivity contribution in [2.45, 2.75) is 32.4 Å². The Kier molecular flexibility index (Phi) is 5.13. The van der Waals surface area contributed by atoms with Crippen molar-refractivity contribution in [3.05, 3.63) is 35.4 Å². The molecular formula is C15H24N2OS. The maximum Gasteiger partial charge on any atom is 0.0499 e. The van der Waals surface area contributed by atoms with Gasteiger partial charge in [-0.05, 0) is 18.9 Å². The predicted molar refractivity (Wildman–Crippen MR) is 81.6 cm³/mol. The van der Waals surface area contributed by atoms with Crippen LogP contribution in [0.1, 0.15) is 30.5 Å². The van der Waals surface area contributed by atoms with Crippen molar-refractivity contribution in [2.24, 2.45) is 5.73 Å². The minimum absolute atomic E-state index is 0.134. The first kappa shape index (κ1) is 14.7. The summed E-state index contributed by atoms with van der Waals surface area (Å²) in [5, 5.41) is 0. The average molecular weight is 280 g/mol. The van der Waals surface area contributed by atoms with Crippen molar-refractivity contribution in [1.82, 2.24) is 4.90 Å². The first-order valence-electron chi connectivity index (χ1n) is 7.03. The lowest BCUT2D eigenvalue weighted by atomic mass is 9.95. The molecule has 0 saturated carbocycles. The highest BCUT2D eigenvalue weighted by atomic mass is 32.2. The van der Waals surface area contributed by atoms with Gasteiger partial charge in [-0.15, -0.1) is 0 Å². The van der Waals surface area contributed by atoms with Gasteiger partial charge in [0.2, 0.25) is 0 Å². The molecule has 0 amide bonds. The van der Waals surface area contributed by atoms with Crippen molar-refractivity contribution < 1.29 is 4.21 Å². The van der Waals surface area contributed by atoms with Gasteiger partial charge in [0.05, 0.1) is 0 Å². The Bertz CT molecular complexity index is 422. The second-order valence-electron chi connectivity index (χ2n) is 5.31. The highest BCUT2D eigenvalue weighted by Crippen LogP contribution is 2.26. The van der Waals surface area contributed by atoms with Crippen LogP contribution in [-0.4, -0.2) is 39.7 Å². The quantitative estimate of drug-likeness (QED) is 0.915. The van der Waals surface area contributed by atoms with Crippen LogP contribution in [0.25, 0.3) is 0 Å². The van der Waals surface area contributed by atoms with Crippen molar-refractivity contribution in [1.29, 1.82) is 0 Å². The highest BCUT2D eigenvalue weighted by molar-refractivity contribution is 7.85. The van der Waals surface area contributed by atoms with Crippen LogP contribution >= 0.6 is 0 Å². The van der Waals surface area contributed by atoms with Gasteiger partial charge in [-0.2, -0.15) is 0 Å². The van der Waals surface area contributed by atoms with E-state index in [4.69, 9.17) is 5.73 Å². The van der Waals surface area contributed by atoms with E-state index < -0.39 is 10.8 Å². The molecule has 1 aromatic carbocycles. The molecule has 1 heterocycles. The SMILES string of the molecule is CCC(N)C(c1ccc(C)cc1)N1CCS(=O)CC1. The first-order chi connectivity index (χ1) is 9.11. The zero-order chi connectivity index (χ0) is 13.8. The van der Waals surface area contributed by atoms with Crippen molar-refractivity contribution in [3.8, 4) is 0 Å². The fourth-order valence-corrected chi connectivity index (χ4v) is 3.73. The lowest BCUT2D eigenvalue weighted by Crippen LogP contribution is -2.46. The molecule has 1 saturated heterocycles. The molecule has 1 aliphatic rings. The largest absolute Gasteiger partial charge is 0.326 e. The number of benzene rings is 1. The molecule has 2 N–H and O–H groups in total. The summed E-state index contributed by atoms with van der Waals surface area (Å²) >= 11 is 0. The van der Waals surface area contributed by atoms with E-state index in [1.165, 1.54) is 11.1 Å². The third kappa shape index (κ3) is 3.65. The Labute approximate surface area is 118 Å². The van der Waals surface area contributed by atoms with Gasteiger partial charge in [-0.1, -0.05) is 36.8 Å². The Morgan fingerprint density at radius 1 is 1.26 bits per heavy atom. The summed E-state index contributed by atoms with van der Waals surface area (Å²) in [6.45, 7) is 6.01. The maximum absolute atomic E-state index is 11.5. The van der Waals surface area contributed by atoms with Crippen LogP contribution in [0.3, 0.4) is 0 Å². The van der Waals surface area contributed by atoms with Gasteiger partial charge in [0.1, 0.15) is 0 Å². The van der Waals surface area contributed by atoms with Gasteiger partial charge in [0.25, 0.3) is 0 Å². The molecule has 19 heavy (non-hydrogen) atoms. The Balaban J connectivity index is 2.20. The van der Waals surface area contributed by atoms with Crippen molar-refractivity contribution in [3.63, 3.8) is 0 Å². The van der Waals surface area contributed by atoms with Crippen molar-refractivity contribution >= 4 is 10.8 Å². The third-order valence-corrected chi connectivity index (χ3v) is 5.18. The zero-order valence-corrected chi connectivity index (χ0v) is 12.7. The minimum Gasteiger partial charge on any atom is -0.326 e. The summed E-state index contributed by atoms with van der Waals surface area (Å²) in [6.07, 6.45) is 0.956. The first-order valence-corrected chi connectivity index (χ1v) is 8.51. The van der Waals surface area contributed by atoms with Gasteiger partial charge >= 0.3 is 0 Å². The lowest BCUT2D eigenvalue weighted by molar-refractivity contribution is 0.185. The molecule has 1 fully saturated rings. The summed E-state index contributed by atoms with van der Waals surface area (Å²) in [5.41, 5.74) is 8.89. The number of nitrogens with two attached hydrogens (primary N) is 1. The van der Waals surface area contributed by atoms with E-state index in [9.17, 15) is 4.21 Å². The van der Waals surface area contributed by atoms with Crippen LogP contribution in [0.15, 0.2) is 24.3 Å². The summed E-state index contributed by atoms with van der Waals surface area (Å²) < 4.78 is 11.5. The molecule has 0 spiro atoms. The second kappa shape index (κ2) is 6.64. The third-order valence-electron chi connectivity index (χ3n) is 3.90. The van der Waals surface area contributed by atoms with Gasteiger partial charge in [-0.25, -0.2) is 0 Å². The van der Waals surface area contributed by atoms with E-state index in [1.807, 2.05) is 0 Å². The summed E-state index contributed by atoms with van der Waals surface area (Å²) in [6, 6.07) is 9.04. The van der Waals surface area contributed by atoms with Crippen LogP contribution in [0.5, 0.6) is 0 Å². The molecular weight excluding hydrogens is 256 g/mol. The summed E-state index contributed by atoms with van der Waals surface area (Å²) in [7, 11) is -0.635. The predicted octanol–water partition coefficient (Wildman–Crippen LogP) is 1.84. The molecule has 3 nitrogen and oxygen atoms in total. The van der Waals surface area contributed by atoms with E-state index >= 15 is 0 Å². The van der Waals surface area contributed by atoms with Gasteiger partial charge in [0, 0.05) is 47.5 Å². The summed E-state index contributed by atoms with van der Waals surface area (Å²) in [5.74, 6) is 1.55. The molecule has 2 atom stereocenters. The van der Waals surface area contributed by atoms with Gasteiger partial charge < -0.3 is 5.73 Å². The number of hydrogen-bond acceptors (Lipinski definition) is 3. The van der Waals surface area contributed by atoms with Crippen LogP contribution in [0, 0.1) is 6.92 Å². The maximum atomic E-state index is 11.5. The number of aryl methyl sites for hydroxylation is 1. The van der Waals surface area contributed by atoms with Crippen LogP contribution < -0.4 is 5.73 Å². The standard InChI is InChI=1S/C15H24N2OS/c1-3-14(16)15(13-6-4-12(2)5-7-13)17-8-10-19(18)11-9-17/h4-7,14-15H,3,8-11,16H2,1-2H3. The zero-order valence-electron chi connectivity index (χ0n) is 11.8. The molecule has 0 radical (unpaired) electrons. The number of nitrogens with zero attached hydrogens (tertiary/aromatic N) is 1. The fourth-order valence-electron chi connectivity index (χ4n) is 2.65. The molecule has 0 aliphatic carbocycles. The van der Waals surface area contributed by atoms with Gasteiger partial charge in [-0.3, -0.25) is 9.11 Å². The van der Waals surface area contributed by atoms with Crippen LogP contribution in [0.4, 0.5) is 0 Å². The topological polar surface area (TPSA) is 46.3 Å². The number of hydrogen-bond donors (Lipinski definition) is 1. The normalized spacial score (nSPS) is 21.2. The molecule has 2 rings (SSSR count). The van der Waals surface area contributed by atoms with E-state index in [-0.39, 0.29) is 12.1 Å². The monoisotopic (exact) mass is 280 g/mol. The van der Waals surface area contributed by atoms with Crippen LogP contribution in [-0.2, 0) is 10.8 Å². The minimum atomic E-state index is -0.635. The highest BCUT2D eigenvalue weighted by Gasteiger charge is 2.28. The van der Waals surface area contributed by atoms with E-state index in [0.29, 0.717) is 0 Å². The summed E-state index contributed by atoms with van der Waals surface area (Å²) in [4.78, 5) is 2.40. The fraction of sp³-hybridized carbons (Fsp3) is 0.600. The van der Waals surface area contributed by atoms with Crippen LogP contribution in [0.2, 0.25) is 0 Å². The molecule has 1 aliphatic heterocycles. The van der Waals surface area contributed by atoms with E-state index in [2.05, 4.69) is 43.0 Å². The Morgan fingerprint density at radius 2 is 1.84 bits per heavy atom. The molecule has 2 unspecified atom stereocenters. The van der Waals surface area contributed by atoms with E-state index in [0.717, 1.165) is 31.0 Å². The molecule has 4 heteroatoms. The molecule has 0 aromatic heterocycles. The average Bonchev–Trinajstić information content (AvgIpc) is 2.43. The van der Waals surface area contributed by atoms with Crippen molar-refractivity contribution in [2.75, 3.05) is 24.6 Å². The number of rotatable bonds is 4. The lowest BCUT2D eigenvalue weighted by Gasteiger charge is -2.37. The molecule has 1 aromatic rings. The van der Waals surface area contributed by atoms with E-state index in [1.54, 1.807) is 0 Å². The molecule has 0 bridgehead atoms.